The Morgan fingerprint density at radius 2 is 1.34 bits per heavy atom. The number of Topliss-reactive ketones (excluding diaryl/α,β-unsaturated/α-hetero) is 3. The van der Waals surface area contributed by atoms with Crippen molar-refractivity contribution in [1.29, 1.82) is 0 Å². The lowest BCUT2D eigenvalue weighted by Gasteiger charge is -2.18. The minimum Gasteiger partial charge on any atom is -0.294 e. The summed E-state index contributed by atoms with van der Waals surface area (Å²) in [5, 5.41) is 1.29. The van der Waals surface area contributed by atoms with E-state index < -0.39 is 0 Å². The monoisotopic (exact) mass is 390 g/mol. The summed E-state index contributed by atoms with van der Waals surface area (Å²) in [4.78, 5) is 38.1. The second-order valence-corrected chi connectivity index (χ2v) is 7.43. The number of allylic oxidation sites excluding steroid dienone is 4. The topological polar surface area (TPSA) is 51.2 Å². The van der Waals surface area contributed by atoms with Crippen LogP contribution in [0.1, 0.15) is 91.0 Å². The number of hydrogen-bond donors (Lipinski definition) is 0. The Bertz CT molecular complexity index is 1020. The largest absolute Gasteiger partial charge is 0.294 e. The van der Waals surface area contributed by atoms with Crippen LogP contribution in [0.5, 0.6) is 0 Å². The van der Waals surface area contributed by atoms with E-state index >= 15 is 0 Å². The predicted molar refractivity (Wildman–Crippen MR) is 121 cm³/mol. The zero-order valence-corrected chi connectivity index (χ0v) is 18.3. The summed E-state index contributed by atoms with van der Waals surface area (Å²) >= 11 is 0. The molecule has 152 valence electrons. The Morgan fingerprint density at radius 1 is 0.862 bits per heavy atom. The van der Waals surface area contributed by atoms with Gasteiger partial charge >= 0.3 is 0 Å². The van der Waals surface area contributed by atoms with E-state index in [1.165, 1.54) is 13.8 Å². The maximum absolute atomic E-state index is 13.2. The van der Waals surface area contributed by atoms with Crippen molar-refractivity contribution in [3.8, 4) is 0 Å². The minimum absolute atomic E-state index is 0.000642. The molecule has 0 saturated heterocycles. The van der Waals surface area contributed by atoms with E-state index in [9.17, 15) is 14.4 Å². The molecule has 0 aliphatic carbocycles. The van der Waals surface area contributed by atoms with Gasteiger partial charge in [0.05, 0.1) is 0 Å². The molecule has 0 N–H and O–H groups in total. The third kappa shape index (κ3) is 4.45. The van der Waals surface area contributed by atoms with E-state index in [0.717, 1.165) is 17.6 Å². The van der Waals surface area contributed by atoms with E-state index in [4.69, 9.17) is 0 Å². The van der Waals surface area contributed by atoms with Crippen LogP contribution in [0.3, 0.4) is 0 Å². The molecule has 2 aromatic carbocycles. The minimum atomic E-state index is -0.161. The molecule has 0 saturated carbocycles. The van der Waals surface area contributed by atoms with Crippen LogP contribution in [0, 0.1) is 5.92 Å². The molecule has 0 aromatic heterocycles. The van der Waals surface area contributed by atoms with Gasteiger partial charge in [0, 0.05) is 33.4 Å². The Labute approximate surface area is 173 Å². The molecular formula is C26H30O3. The van der Waals surface area contributed by atoms with Crippen molar-refractivity contribution in [1.82, 2.24) is 0 Å². The molecular weight excluding hydrogens is 360 g/mol. The summed E-state index contributed by atoms with van der Waals surface area (Å²) in [5.41, 5.74) is 3.38. The van der Waals surface area contributed by atoms with Crippen molar-refractivity contribution >= 4 is 33.7 Å². The van der Waals surface area contributed by atoms with Gasteiger partial charge in [-0.2, -0.15) is 0 Å². The number of carbonyl (C=O) groups excluding carboxylic acids is 3. The van der Waals surface area contributed by atoms with Gasteiger partial charge in [-0.15, -0.1) is 0 Å². The quantitative estimate of drug-likeness (QED) is 0.366. The molecule has 0 heterocycles. The summed E-state index contributed by atoms with van der Waals surface area (Å²) in [6, 6.07) is 7.12. The first kappa shape index (κ1) is 22.5. The maximum Gasteiger partial charge on any atom is 0.166 e. The summed E-state index contributed by atoms with van der Waals surface area (Å²) in [5.74, 6) is -0.367. The molecule has 0 spiro atoms. The Kier molecular flexibility index (Phi) is 7.44. The fraction of sp³-hybridized carbons (Fsp3) is 0.346. The van der Waals surface area contributed by atoms with Crippen LogP contribution >= 0.6 is 0 Å². The fourth-order valence-electron chi connectivity index (χ4n) is 3.65. The second kappa shape index (κ2) is 9.60. The van der Waals surface area contributed by atoms with Crippen molar-refractivity contribution in [2.75, 3.05) is 0 Å². The molecule has 3 heteroatoms. The molecule has 1 unspecified atom stereocenters. The highest BCUT2D eigenvalue weighted by Crippen LogP contribution is 2.36. The summed E-state index contributed by atoms with van der Waals surface area (Å²) in [6.07, 6.45) is 7.59. The van der Waals surface area contributed by atoms with Gasteiger partial charge in [-0.3, -0.25) is 14.4 Å². The highest BCUT2D eigenvalue weighted by atomic mass is 16.1. The van der Waals surface area contributed by atoms with Gasteiger partial charge < -0.3 is 0 Å². The van der Waals surface area contributed by atoms with E-state index in [1.807, 2.05) is 45.1 Å². The molecule has 0 aliphatic rings. The van der Waals surface area contributed by atoms with Gasteiger partial charge in [0.1, 0.15) is 0 Å². The summed E-state index contributed by atoms with van der Waals surface area (Å²) in [6.45, 7) is 10.9. The molecule has 0 amide bonds. The number of hydrogen-bond acceptors (Lipinski definition) is 3. The number of rotatable bonds is 8. The van der Waals surface area contributed by atoms with Gasteiger partial charge in [0.15, 0.2) is 17.3 Å². The van der Waals surface area contributed by atoms with Crippen molar-refractivity contribution in [2.45, 2.75) is 54.4 Å². The summed E-state index contributed by atoms with van der Waals surface area (Å²) < 4.78 is 0. The third-order valence-corrected chi connectivity index (χ3v) is 5.33. The molecule has 2 rings (SSSR count). The van der Waals surface area contributed by atoms with Crippen molar-refractivity contribution in [3.63, 3.8) is 0 Å². The van der Waals surface area contributed by atoms with Crippen LogP contribution in [0.25, 0.3) is 16.3 Å². The predicted octanol–water partition coefficient (Wildman–Crippen LogP) is 6.84. The lowest BCUT2D eigenvalue weighted by atomic mass is 9.84. The molecule has 29 heavy (non-hydrogen) atoms. The highest BCUT2D eigenvalue weighted by molar-refractivity contribution is 6.23. The lowest BCUT2D eigenvalue weighted by molar-refractivity contribution is 0.0928. The Morgan fingerprint density at radius 3 is 1.79 bits per heavy atom. The van der Waals surface area contributed by atoms with E-state index in [2.05, 4.69) is 13.0 Å². The smallest absolute Gasteiger partial charge is 0.166 e. The molecule has 0 fully saturated rings. The summed E-state index contributed by atoms with van der Waals surface area (Å²) in [7, 11) is 0. The molecule has 0 bridgehead atoms. The van der Waals surface area contributed by atoms with Crippen molar-refractivity contribution in [3.05, 3.63) is 64.7 Å². The van der Waals surface area contributed by atoms with Crippen molar-refractivity contribution in [2.24, 2.45) is 5.92 Å². The van der Waals surface area contributed by atoms with Crippen LogP contribution in [0.4, 0.5) is 0 Å². The van der Waals surface area contributed by atoms with Gasteiger partial charge in [-0.25, -0.2) is 0 Å². The zero-order chi connectivity index (χ0) is 21.7. The normalized spacial score (nSPS) is 13.1. The lowest BCUT2D eigenvalue weighted by Crippen LogP contribution is -2.13. The van der Waals surface area contributed by atoms with Gasteiger partial charge in [0.2, 0.25) is 0 Å². The third-order valence-electron chi connectivity index (χ3n) is 5.33. The molecule has 1 atom stereocenters. The first-order chi connectivity index (χ1) is 13.8. The average molecular weight is 391 g/mol. The Hall–Kier alpha value is -2.81. The van der Waals surface area contributed by atoms with Gasteiger partial charge in [-0.1, -0.05) is 63.3 Å². The first-order valence-electron chi connectivity index (χ1n) is 10.3. The standard InChI is InChI=1S/C26H30O3/c1-7-10-19(11-8-2)22-14-15-23(26(29)16(4)9-3)25-21(18(6)28)13-12-20(17(5)27)24(22)25/h7,10-16H,8-9H2,1-6H3/b10-7-,19-11+. The molecule has 0 radical (unpaired) electrons. The second-order valence-electron chi connectivity index (χ2n) is 7.43. The van der Waals surface area contributed by atoms with E-state index in [1.54, 1.807) is 12.1 Å². The van der Waals surface area contributed by atoms with E-state index in [-0.39, 0.29) is 23.3 Å². The van der Waals surface area contributed by atoms with Gasteiger partial charge in [0.25, 0.3) is 0 Å². The fourth-order valence-corrected chi connectivity index (χ4v) is 3.65. The number of fused-ring (bicyclic) bond motifs is 1. The van der Waals surface area contributed by atoms with Gasteiger partial charge in [-0.05, 0) is 44.7 Å². The number of benzene rings is 2. The first-order valence-corrected chi connectivity index (χ1v) is 10.3. The van der Waals surface area contributed by atoms with Crippen LogP contribution in [-0.4, -0.2) is 17.3 Å². The maximum atomic E-state index is 13.2. The SMILES string of the molecule is C/C=C\C(=C/CC)c1ccc(C(=O)C(C)CC)c2c(C(C)=O)ccc(C(C)=O)c12. The van der Waals surface area contributed by atoms with E-state index in [0.29, 0.717) is 33.9 Å². The highest BCUT2D eigenvalue weighted by Gasteiger charge is 2.24. The van der Waals surface area contributed by atoms with Crippen LogP contribution < -0.4 is 0 Å². The molecule has 0 aliphatic heterocycles. The molecule has 3 nitrogen and oxygen atoms in total. The molecule has 2 aromatic rings. The average Bonchev–Trinajstić information content (AvgIpc) is 2.70. The van der Waals surface area contributed by atoms with Crippen LogP contribution in [0.2, 0.25) is 0 Å². The Balaban J connectivity index is 3.12. The van der Waals surface area contributed by atoms with Crippen LogP contribution in [-0.2, 0) is 0 Å². The number of ketones is 3. The zero-order valence-electron chi connectivity index (χ0n) is 18.3. The number of carbonyl (C=O) groups is 3. The van der Waals surface area contributed by atoms with Crippen molar-refractivity contribution < 1.29 is 14.4 Å². The van der Waals surface area contributed by atoms with Crippen LogP contribution in [0.15, 0.2) is 42.5 Å².